The molecule has 0 aromatic carbocycles. The maximum Gasteiger partial charge on any atom is 0.120 e. The number of hydrogen-bond donors (Lipinski definition) is 0. The van der Waals surface area contributed by atoms with Crippen molar-refractivity contribution < 1.29 is 0 Å². The van der Waals surface area contributed by atoms with Crippen molar-refractivity contribution in [3.05, 3.63) is 10.0 Å². The van der Waals surface area contributed by atoms with Crippen molar-refractivity contribution in [3.63, 3.8) is 0 Å². The lowest BCUT2D eigenvalue weighted by molar-refractivity contribution is 0.575. The van der Waals surface area contributed by atoms with E-state index >= 15 is 0 Å². The summed E-state index contributed by atoms with van der Waals surface area (Å²) in [6, 6.07) is 0. The minimum Gasteiger partial charge on any atom is -0.144 e. The molecule has 0 aliphatic carbocycles. The van der Waals surface area contributed by atoms with Crippen LogP contribution in [0.15, 0.2) is 0 Å². The molecule has 0 aliphatic heterocycles. The molecule has 0 aliphatic rings. The third-order valence-corrected chi connectivity index (χ3v) is 3.52. The fourth-order valence-electron chi connectivity index (χ4n) is 1.51. The second kappa shape index (κ2) is 6.12. The molecule has 0 saturated heterocycles. The number of hydrogen-bond acceptors (Lipinski definition) is 3. The van der Waals surface area contributed by atoms with E-state index in [-0.39, 0.29) is 0 Å². The van der Waals surface area contributed by atoms with Gasteiger partial charge in [-0.2, -0.15) is 0 Å². The molecule has 1 unspecified atom stereocenters. The molecular formula is C11H20N2S. The van der Waals surface area contributed by atoms with E-state index in [1.54, 1.807) is 11.3 Å². The van der Waals surface area contributed by atoms with Crippen LogP contribution in [-0.2, 0) is 0 Å². The van der Waals surface area contributed by atoms with Gasteiger partial charge in [-0.15, -0.1) is 21.5 Å². The van der Waals surface area contributed by atoms with Gasteiger partial charge in [-0.1, -0.05) is 39.5 Å². The summed E-state index contributed by atoms with van der Waals surface area (Å²) in [7, 11) is 0. The quantitative estimate of drug-likeness (QED) is 0.668. The standard InChI is InChI=1S/C11H20N2S/c1-4-5-6-7-8-9(2)11-13-12-10(3)14-11/h9H,4-8H2,1-3H3. The summed E-state index contributed by atoms with van der Waals surface area (Å²) < 4.78 is 0. The van der Waals surface area contributed by atoms with Crippen molar-refractivity contribution >= 4 is 11.3 Å². The Morgan fingerprint density at radius 1 is 1.21 bits per heavy atom. The Balaban J connectivity index is 2.25. The average Bonchev–Trinajstić information content (AvgIpc) is 2.59. The van der Waals surface area contributed by atoms with Crippen LogP contribution in [0.4, 0.5) is 0 Å². The third-order valence-electron chi connectivity index (χ3n) is 2.45. The predicted molar refractivity (Wildman–Crippen MR) is 61.8 cm³/mol. The van der Waals surface area contributed by atoms with Gasteiger partial charge >= 0.3 is 0 Å². The van der Waals surface area contributed by atoms with Gasteiger partial charge in [-0.25, -0.2) is 0 Å². The molecule has 1 rings (SSSR count). The number of rotatable bonds is 6. The highest BCUT2D eigenvalue weighted by atomic mass is 32.1. The maximum absolute atomic E-state index is 4.18. The van der Waals surface area contributed by atoms with E-state index in [0.717, 1.165) is 5.01 Å². The highest BCUT2D eigenvalue weighted by Crippen LogP contribution is 2.24. The van der Waals surface area contributed by atoms with Gasteiger partial charge in [-0.3, -0.25) is 0 Å². The summed E-state index contributed by atoms with van der Waals surface area (Å²) in [5.74, 6) is 0.595. The number of unbranched alkanes of at least 4 members (excludes halogenated alkanes) is 3. The van der Waals surface area contributed by atoms with Crippen LogP contribution in [0.5, 0.6) is 0 Å². The Morgan fingerprint density at radius 2 is 2.00 bits per heavy atom. The lowest BCUT2D eigenvalue weighted by Crippen LogP contribution is -1.92. The molecule has 2 nitrogen and oxygen atoms in total. The Morgan fingerprint density at radius 3 is 2.57 bits per heavy atom. The maximum atomic E-state index is 4.18. The number of aryl methyl sites for hydroxylation is 1. The second-order valence-electron chi connectivity index (χ2n) is 3.91. The second-order valence-corrected chi connectivity index (χ2v) is 5.12. The van der Waals surface area contributed by atoms with Crippen LogP contribution in [0.25, 0.3) is 0 Å². The molecule has 0 bridgehead atoms. The molecule has 0 amide bonds. The van der Waals surface area contributed by atoms with Crippen LogP contribution in [0.1, 0.15) is 61.9 Å². The smallest absolute Gasteiger partial charge is 0.120 e. The van der Waals surface area contributed by atoms with E-state index in [9.17, 15) is 0 Å². The first-order valence-corrected chi connectivity index (χ1v) is 6.35. The van der Waals surface area contributed by atoms with Gasteiger partial charge in [-0.05, 0) is 13.3 Å². The summed E-state index contributed by atoms with van der Waals surface area (Å²) in [6.45, 7) is 6.52. The number of aromatic nitrogens is 2. The van der Waals surface area contributed by atoms with Crippen molar-refractivity contribution in [3.8, 4) is 0 Å². The minimum atomic E-state index is 0.595. The third kappa shape index (κ3) is 3.74. The van der Waals surface area contributed by atoms with E-state index < -0.39 is 0 Å². The lowest BCUT2D eigenvalue weighted by atomic mass is 10.0. The van der Waals surface area contributed by atoms with Crippen LogP contribution in [-0.4, -0.2) is 10.2 Å². The van der Waals surface area contributed by atoms with Gasteiger partial charge in [0.05, 0.1) is 0 Å². The molecule has 0 radical (unpaired) electrons. The van der Waals surface area contributed by atoms with Crippen LogP contribution < -0.4 is 0 Å². The zero-order chi connectivity index (χ0) is 10.4. The first kappa shape index (κ1) is 11.6. The largest absolute Gasteiger partial charge is 0.144 e. The summed E-state index contributed by atoms with van der Waals surface area (Å²) in [5.41, 5.74) is 0. The van der Waals surface area contributed by atoms with Gasteiger partial charge in [0, 0.05) is 5.92 Å². The number of nitrogens with zero attached hydrogens (tertiary/aromatic N) is 2. The molecule has 3 heteroatoms. The van der Waals surface area contributed by atoms with Crippen molar-refractivity contribution in [1.29, 1.82) is 0 Å². The molecule has 1 atom stereocenters. The fourth-order valence-corrected chi connectivity index (χ4v) is 2.30. The summed E-state index contributed by atoms with van der Waals surface area (Å²) in [5, 5.41) is 10.5. The molecule has 0 fully saturated rings. The van der Waals surface area contributed by atoms with E-state index in [0.29, 0.717) is 5.92 Å². The van der Waals surface area contributed by atoms with Gasteiger partial charge < -0.3 is 0 Å². The van der Waals surface area contributed by atoms with Gasteiger partial charge in [0.1, 0.15) is 10.0 Å². The monoisotopic (exact) mass is 212 g/mol. The van der Waals surface area contributed by atoms with E-state index in [1.165, 1.54) is 37.1 Å². The molecule has 14 heavy (non-hydrogen) atoms. The molecule has 1 heterocycles. The lowest BCUT2D eigenvalue weighted by Gasteiger charge is -2.06. The first-order chi connectivity index (χ1) is 6.74. The van der Waals surface area contributed by atoms with Crippen LogP contribution in [0.2, 0.25) is 0 Å². The Hall–Kier alpha value is -0.440. The van der Waals surface area contributed by atoms with Crippen LogP contribution in [0.3, 0.4) is 0 Å². The van der Waals surface area contributed by atoms with Crippen molar-refractivity contribution in [2.75, 3.05) is 0 Å². The summed E-state index contributed by atoms with van der Waals surface area (Å²) >= 11 is 1.74. The Bertz CT molecular complexity index is 258. The molecule has 1 aromatic heterocycles. The summed E-state index contributed by atoms with van der Waals surface area (Å²) in [6.07, 6.45) is 6.62. The predicted octanol–water partition coefficient (Wildman–Crippen LogP) is 3.92. The summed E-state index contributed by atoms with van der Waals surface area (Å²) in [4.78, 5) is 0. The van der Waals surface area contributed by atoms with E-state index in [2.05, 4.69) is 24.0 Å². The zero-order valence-electron chi connectivity index (χ0n) is 9.42. The Labute approximate surface area is 90.8 Å². The van der Waals surface area contributed by atoms with Crippen molar-refractivity contribution in [2.24, 2.45) is 0 Å². The average molecular weight is 212 g/mol. The fraction of sp³-hybridized carbons (Fsp3) is 0.818. The van der Waals surface area contributed by atoms with Crippen LogP contribution >= 0.6 is 11.3 Å². The zero-order valence-corrected chi connectivity index (χ0v) is 10.2. The topological polar surface area (TPSA) is 25.8 Å². The van der Waals surface area contributed by atoms with E-state index in [1.807, 2.05) is 6.92 Å². The van der Waals surface area contributed by atoms with Crippen molar-refractivity contribution in [2.45, 2.75) is 58.8 Å². The van der Waals surface area contributed by atoms with Crippen molar-refractivity contribution in [1.82, 2.24) is 10.2 Å². The van der Waals surface area contributed by atoms with Crippen LogP contribution in [0, 0.1) is 6.92 Å². The van der Waals surface area contributed by atoms with Gasteiger partial charge in [0.2, 0.25) is 0 Å². The van der Waals surface area contributed by atoms with Gasteiger partial charge in [0.15, 0.2) is 0 Å². The van der Waals surface area contributed by atoms with Gasteiger partial charge in [0.25, 0.3) is 0 Å². The van der Waals surface area contributed by atoms with E-state index in [4.69, 9.17) is 0 Å². The Kier molecular flexibility index (Phi) is 5.09. The highest BCUT2D eigenvalue weighted by Gasteiger charge is 2.09. The molecule has 1 aromatic rings. The molecule has 0 saturated carbocycles. The normalized spacial score (nSPS) is 13.1. The molecular weight excluding hydrogens is 192 g/mol. The molecule has 0 spiro atoms. The SMILES string of the molecule is CCCCCCC(C)c1nnc(C)s1. The molecule has 80 valence electrons. The minimum absolute atomic E-state index is 0.595. The highest BCUT2D eigenvalue weighted by molar-refractivity contribution is 7.11. The first-order valence-electron chi connectivity index (χ1n) is 5.54. The molecule has 0 N–H and O–H groups in total.